The molecular formula is C12H16N4O3S. The van der Waals surface area contributed by atoms with Crippen molar-refractivity contribution in [2.75, 3.05) is 13.1 Å². The Kier molecular flexibility index (Phi) is 6.09. The lowest BCUT2D eigenvalue weighted by Gasteiger charge is -2.07. The number of hydrogen-bond donors (Lipinski definition) is 2. The Hall–Kier alpha value is -1.98. The summed E-state index contributed by atoms with van der Waals surface area (Å²) < 4.78 is 26.2. The Balaban J connectivity index is 2.63. The van der Waals surface area contributed by atoms with Gasteiger partial charge in [-0.1, -0.05) is 6.92 Å². The van der Waals surface area contributed by atoms with Crippen LogP contribution in [0.2, 0.25) is 0 Å². The zero-order chi connectivity index (χ0) is 15.0. The Bertz CT molecular complexity index is 607. The van der Waals surface area contributed by atoms with Gasteiger partial charge < -0.3 is 5.32 Å². The first-order valence-corrected chi connectivity index (χ1v) is 7.61. The van der Waals surface area contributed by atoms with E-state index in [1.807, 2.05) is 6.92 Å². The molecule has 0 spiro atoms. The van der Waals surface area contributed by atoms with E-state index in [4.69, 9.17) is 5.26 Å². The zero-order valence-electron chi connectivity index (χ0n) is 11.1. The van der Waals surface area contributed by atoms with Crippen LogP contribution >= 0.6 is 0 Å². The van der Waals surface area contributed by atoms with Crippen LogP contribution in [0.4, 0.5) is 0 Å². The van der Waals surface area contributed by atoms with Crippen LogP contribution in [0.25, 0.3) is 0 Å². The first-order valence-electron chi connectivity index (χ1n) is 6.12. The highest BCUT2D eigenvalue weighted by Crippen LogP contribution is 2.11. The third-order valence-electron chi connectivity index (χ3n) is 2.38. The second kappa shape index (κ2) is 7.57. The van der Waals surface area contributed by atoms with Crippen molar-refractivity contribution in [3.05, 3.63) is 24.0 Å². The highest BCUT2D eigenvalue weighted by molar-refractivity contribution is 7.89. The summed E-state index contributed by atoms with van der Waals surface area (Å²) in [7, 11) is -3.83. The molecule has 0 bridgehead atoms. The molecule has 0 aromatic carbocycles. The van der Waals surface area contributed by atoms with E-state index in [9.17, 15) is 13.2 Å². The standard InChI is InChI=1S/C12H16N4O3S/c1-2-6-15-12(17)5-8-16-20(18,19)11-4-3-7-14-10(11)9-13/h3-4,7,16H,2,5-6,8H2,1H3,(H,15,17). The number of carbonyl (C=O) groups is 1. The summed E-state index contributed by atoms with van der Waals surface area (Å²) in [5, 5.41) is 11.5. The third-order valence-corrected chi connectivity index (χ3v) is 3.88. The third kappa shape index (κ3) is 4.60. The van der Waals surface area contributed by atoms with Crippen molar-refractivity contribution in [3.63, 3.8) is 0 Å². The van der Waals surface area contributed by atoms with Crippen LogP contribution in [0, 0.1) is 11.3 Å². The molecule has 1 aromatic heterocycles. The molecule has 0 saturated carbocycles. The van der Waals surface area contributed by atoms with E-state index in [2.05, 4.69) is 15.0 Å². The lowest BCUT2D eigenvalue weighted by atomic mass is 10.4. The first-order chi connectivity index (χ1) is 9.51. The summed E-state index contributed by atoms with van der Waals surface area (Å²) in [6.07, 6.45) is 2.20. The summed E-state index contributed by atoms with van der Waals surface area (Å²) >= 11 is 0. The number of amides is 1. The van der Waals surface area contributed by atoms with Crippen LogP contribution in [0.3, 0.4) is 0 Å². The number of nitrogens with zero attached hydrogens (tertiary/aromatic N) is 2. The summed E-state index contributed by atoms with van der Waals surface area (Å²) in [5.74, 6) is -0.221. The van der Waals surface area contributed by atoms with Gasteiger partial charge in [0.2, 0.25) is 15.9 Å². The van der Waals surface area contributed by atoms with Gasteiger partial charge in [0.1, 0.15) is 11.0 Å². The van der Waals surface area contributed by atoms with E-state index < -0.39 is 10.0 Å². The van der Waals surface area contributed by atoms with Crippen molar-refractivity contribution < 1.29 is 13.2 Å². The van der Waals surface area contributed by atoms with Crippen LogP contribution in [0.15, 0.2) is 23.2 Å². The molecular weight excluding hydrogens is 280 g/mol. The van der Waals surface area contributed by atoms with Crippen molar-refractivity contribution in [1.29, 1.82) is 5.26 Å². The SMILES string of the molecule is CCCNC(=O)CCNS(=O)(=O)c1cccnc1C#N. The van der Waals surface area contributed by atoms with Crippen molar-refractivity contribution in [2.24, 2.45) is 0 Å². The molecule has 0 atom stereocenters. The average Bonchev–Trinajstić information content (AvgIpc) is 2.44. The molecule has 1 rings (SSSR count). The van der Waals surface area contributed by atoms with Crippen molar-refractivity contribution >= 4 is 15.9 Å². The number of nitrogens with one attached hydrogen (secondary N) is 2. The molecule has 0 aliphatic rings. The van der Waals surface area contributed by atoms with Crippen LogP contribution in [-0.2, 0) is 14.8 Å². The zero-order valence-corrected chi connectivity index (χ0v) is 11.9. The van der Waals surface area contributed by atoms with Gasteiger partial charge in [0, 0.05) is 25.7 Å². The minimum Gasteiger partial charge on any atom is -0.356 e. The largest absolute Gasteiger partial charge is 0.356 e. The molecule has 0 unspecified atom stereocenters. The molecule has 0 saturated heterocycles. The van der Waals surface area contributed by atoms with Crippen molar-refractivity contribution in [3.8, 4) is 6.07 Å². The Labute approximate surface area is 118 Å². The molecule has 8 heteroatoms. The van der Waals surface area contributed by atoms with Gasteiger partial charge in [-0.3, -0.25) is 4.79 Å². The van der Waals surface area contributed by atoms with Gasteiger partial charge in [-0.05, 0) is 18.6 Å². The smallest absolute Gasteiger partial charge is 0.243 e. The minimum absolute atomic E-state index is 0.0301. The molecule has 0 fully saturated rings. The molecule has 1 heterocycles. The predicted octanol–water partition coefficient (Wildman–Crippen LogP) is 0.148. The fraction of sp³-hybridized carbons (Fsp3) is 0.417. The molecule has 7 nitrogen and oxygen atoms in total. The van der Waals surface area contributed by atoms with Crippen LogP contribution in [-0.4, -0.2) is 32.4 Å². The lowest BCUT2D eigenvalue weighted by molar-refractivity contribution is -0.120. The van der Waals surface area contributed by atoms with Gasteiger partial charge in [-0.25, -0.2) is 18.1 Å². The minimum atomic E-state index is -3.83. The van der Waals surface area contributed by atoms with Gasteiger partial charge >= 0.3 is 0 Å². The van der Waals surface area contributed by atoms with Gasteiger partial charge in [0.25, 0.3) is 0 Å². The summed E-state index contributed by atoms with van der Waals surface area (Å²) in [6, 6.07) is 4.45. The van der Waals surface area contributed by atoms with Crippen LogP contribution in [0.1, 0.15) is 25.5 Å². The molecule has 20 heavy (non-hydrogen) atoms. The molecule has 0 aliphatic carbocycles. The van der Waals surface area contributed by atoms with Gasteiger partial charge in [0.15, 0.2) is 5.69 Å². The molecule has 108 valence electrons. The second-order valence-electron chi connectivity index (χ2n) is 3.96. The van der Waals surface area contributed by atoms with Crippen LogP contribution in [0.5, 0.6) is 0 Å². The number of sulfonamides is 1. The number of rotatable bonds is 7. The van der Waals surface area contributed by atoms with Crippen molar-refractivity contribution in [2.45, 2.75) is 24.7 Å². The summed E-state index contributed by atoms with van der Waals surface area (Å²) in [6.45, 7) is 2.46. The monoisotopic (exact) mass is 296 g/mol. The molecule has 0 radical (unpaired) electrons. The lowest BCUT2D eigenvalue weighted by Crippen LogP contribution is -2.31. The highest BCUT2D eigenvalue weighted by atomic mass is 32.2. The molecule has 0 aliphatic heterocycles. The number of nitriles is 1. The van der Waals surface area contributed by atoms with Gasteiger partial charge in [-0.15, -0.1) is 0 Å². The second-order valence-corrected chi connectivity index (χ2v) is 5.70. The number of pyridine rings is 1. The maximum Gasteiger partial charge on any atom is 0.243 e. The van der Waals surface area contributed by atoms with E-state index in [1.165, 1.54) is 18.3 Å². The molecule has 2 N–H and O–H groups in total. The van der Waals surface area contributed by atoms with E-state index in [1.54, 1.807) is 6.07 Å². The fourth-order valence-electron chi connectivity index (χ4n) is 1.42. The average molecular weight is 296 g/mol. The topological polar surface area (TPSA) is 112 Å². The maximum atomic E-state index is 12.0. The Morgan fingerprint density at radius 2 is 2.20 bits per heavy atom. The molecule has 1 aromatic rings. The van der Waals surface area contributed by atoms with Gasteiger partial charge in [-0.2, -0.15) is 5.26 Å². The van der Waals surface area contributed by atoms with Crippen LogP contribution < -0.4 is 10.0 Å². The van der Waals surface area contributed by atoms with E-state index >= 15 is 0 Å². The fourth-order valence-corrected chi connectivity index (χ4v) is 2.56. The molecule has 1 amide bonds. The Morgan fingerprint density at radius 3 is 2.85 bits per heavy atom. The summed E-state index contributed by atoms with van der Waals surface area (Å²) in [5.41, 5.74) is -0.171. The number of carbonyl (C=O) groups excluding carboxylic acids is 1. The van der Waals surface area contributed by atoms with E-state index in [0.29, 0.717) is 6.54 Å². The summed E-state index contributed by atoms with van der Waals surface area (Å²) in [4.78, 5) is 14.8. The van der Waals surface area contributed by atoms with E-state index in [-0.39, 0.29) is 29.5 Å². The first kappa shape index (κ1) is 16.1. The highest BCUT2D eigenvalue weighted by Gasteiger charge is 2.18. The maximum absolute atomic E-state index is 12.0. The predicted molar refractivity (Wildman–Crippen MR) is 72.1 cm³/mol. The normalized spacial score (nSPS) is 10.8. The number of aromatic nitrogens is 1. The van der Waals surface area contributed by atoms with E-state index in [0.717, 1.165) is 6.42 Å². The van der Waals surface area contributed by atoms with Crippen molar-refractivity contribution in [1.82, 2.24) is 15.0 Å². The quantitative estimate of drug-likeness (QED) is 0.743. The Morgan fingerprint density at radius 1 is 1.45 bits per heavy atom. The number of hydrogen-bond acceptors (Lipinski definition) is 5. The van der Waals surface area contributed by atoms with Gasteiger partial charge in [0.05, 0.1) is 0 Å².